The molecule has 0 bridgehead atoms. The molecule has 24 heavy (non-hydrogen) atoms. The SMILES string of the molecule is CC(NC(=O)OC(C)(C)C)c1nc2ccc(F)cc2n1C1CCC1. The summed E-state index contributed by atoms with van der Waals surface area (Å²) in [6.45, 7) is 7.34. The molecule has 6 heteroatoms. The Kier molecular flexibility index (Phi) is 4.24. The van der Waals surface area contributed by atoms with E-state index in [1.807, 2.05) is 27.7 Å². The van der Waals surface area contributed by atoms with Crippen molar-refractivity contribution in [1.29, 1.82) is 0 Å². The number of halogens is 1. The maximum atomic E-state index is 13.7. The number of rotatable bonds is 3. The van der Waals surface area contributed by atoms with Crippen LogP contribution >= 0.6 is 0 Å². The summed E-state index contributed by atoms with van der Waals surface area (Å²) < 4.78 is 21.1. The number of ether oxygens (including phenoxy) is 1. The summed E-state index contributed by atoms with van der Waals surface area (Å²) >= 11 is 0. The van der Waals surface area contributed by atoms with Crippen LogP contribution in [0.15, 0.2) is 18.2 Å². The smallest absolute Gasteiger partial charge is 0.408 e. The molecule has 1 aliphatic carbocycles. The minimum Gasteiger partial charge on any atom is -0.444 e. The Bertz CT molecular complexity index is 759. The first-order valence-corrected chi connectivity index (χ1v) is 8.41. The van der Waals surface area contributed by atoms with Crippen LogP contribution in [-0.4, -0.2) is 21.2 Å². The fraction of sp³-hybridized carbons (Fsp3) is 0.556. The second-order valence-corrected chi connectivity index (χ2v) is 7.43. The predicted octanol–water partition coefficient (Wildman–Crippen LogP) is 4.49. The van der Waals surface area contributed by atoms with E-state index >= 15 is 0 Å². The number of nitrogens with one attached hydrogen (secondary N) is 1. The van der Waals surface area contributed by atoms with Crippen molar-refractivity contribution in [2.45, 2.75) is 64.6 Å². The number of hydrogen-bond donors (Lipinski definition) is 1. The summed E-state index contributed by atoms with van der Waals surface area (Å²) in [5.74, 6) is 0.466. The maximum Gasteiger partial charge on any atom is 0.408 e. The van der Waals surface area contributed by atoms with E-state index in [-0.39, 0.29) is 11.9 Å². The first-order chi connectivity index (χ1) is 11.2. The van der Waals surface area contributed by atoms with Crippen LogP contribution in [-0.2, 0) is 4.74 Å². The van der Waals surface area contributed by atoms with Crippen LogP contribution in [0.5, 0.6) is 0 Å². The predicted molar refractivity (Wildman–Crippen MR) is 90.4 cm³/mol. The highest BCUT2D eigenvalue weighted by Crippen LogP contribution is 2.37. The van der Waals surface area contributed by atoms with E-state index in [0.29, 0.717) is 6.04 Å². The number of aromatic nitrogens is 2. The third kappa shape index (κ3) is 3.37. The highest BCUT2D eigenvalue weighted by atomic mass is 19.1. The Morgan fingerprint density at radius 3 is 2.71 bits per heavy atom. The van der Waals surface area contributed by atoms with E-state index in [9.17, 15) is 9.18 Å². The number of imidazole rings is 1. The lowest BCUT2D eigenvalue weighted by Crippen LogP contribution is -2.35. The van der Waals surface area contributed by atoms with Gasteiger partial charge in [0.05, 0.1) is 17.1 Å². The fourth-order valence-electron chi connectivity index (χ4n) is 2.97. The van der Waals surface area contributed by atoms with Crippen LogP contribution in [0.2, 0.25) is 0 Å². The maximum absolute atomic E-state index is 13.7. The number of fused-ring (bicyclic) bond motifs is 1. The lowest BCUT2D eigenvalue weighted by atomic mass is 9.92. The standard InChI is InChI=1S/C18H24FN3O2/c1-11(20-17(23)24-18(2,3)4)16-21-14-9-8-12(19)10-15(14)22(16)13-6-5-7-13/h8-11,13H,5-7H2,1-4H3,(H,20,23). The van der Waals surface area contributed by atoms with Gasteiger partial charge in [-0.15, -0.1) is 0 Å². The third-order valence-corrected chi connectivity index (χ3v) is 4.24. The van der Waals surface area contributed by atoms with Gasteiger partial charge in [-0.05, 0) is 65.2 Å². The molecule has 1 N–H and O–H groups in total. The van der Waals surface area contributed by atoms with Gasteiger partial charge >= 0.3 is 6.09 Å². The average molecular weight is 333 g/mol. The largest absolute Gasteiger partial charge is 0.444 e. The van der Waals surface area contributed by atoms with Crippen molar-refractivity contribution in [3.8, 4) is 0 Å². The van der Waals surface area contributed by atoms with Crippen LogP contribution in [0.1, 0.15) is 64.9 Å². The number of carbonyl (C=O) groups is 1. The van der Waals surface area contributed by atoms with Gasteiger partial charge in [-0.25, -0.2) is 14.2 Å². The highest BCUT2D eigenvalue weighted by molar-refractivity contribution is 5.77. The molecule has 0 aliphatic heterocycles. The number of alkyl carbamates (subject to hydrolysis) is 1. The van der Waals surface area contributed by atoms with Gasteiger partial charge in [0, 0.05) is 6.04 Å². The van der Waals surface area contributed by atoms with Crippen molar-refractivity contribution >= 4 is 17.1 Å². The minimum atomic E-state index is -0.555. The topological polar surface area (TPSA) is 56.1 Å². The lowest BCUT2D eigenvalue weighted by molar-refractivity contribution is 0.0504. The summed E-state index contributed by atoms with van der Waals surface area (Å²) in [4.78, 5) is 16.7. The third-order valence-electron chi connectivity index (χ3n) is 4.24. The van der Waals surface area contributed by atoms with E-state index in [1.165, 1.54) is 12.1 Å². The molecule has 1 saturated carbocycles. The minimum absolute atomic E-state index is 0.276. The number of amides is 1. The van der Waals surface area contributed by atoms with Crippen molar-refractivity contribution in [1.82, 2.24) is 14.9 Å². The molecule has 1 unspecified atom stereocenters. The molecule has 0 radical (unpaired) electrons. The van der Waals surface area contributed by atoms with Crippen LogP contribution in [0.4, 0.5) is 9.18 Å². The molecule has 1 fully saturated rings. The molecule has 130 valence electrons. The van der Waals surface area contributed by atoms with E-state index in [2.05, 4.69) is 14.9 Å². The molecule has 3 rings (SSSR count). The highest BCUT2D eigenvalue weighted by Gasteiger charge is 2.28. The molecule has 1 heterocycles. The van der Waals surface area contributed by atoms with Gasteiger partial charge in [0.25, 0.3) is 0 Å². The molecular weight excluding hydrogens is 309 g/mol. The van der Waals surface area contributed by atoms with Crippen molar-refractivity contribution in [3.63, 3.8) is 0 Å². The second kappa shape index (κ2) is 6.07. The van der Waals surface area contributed by atoms with Gasteiger partial charge in [-0.2, -0.15) is 0 Å². The molecule has 1 amide bonds. The quantitative estimate of drug-likeness (QED) is 0.900. The first kappa shape index (κ1) is 16.7. The normalized spacial score (nSPS) is 16.7. The van der Waals surface area contributed by atoms with Crippen LogP contribution in [0.25, 0.3) is 11.0 Å². The molecule has 1 aliphatic rings. The van der Waals surface area contributed by atoms with Crippen molar-refractivity contribution in [3.05, 3.63) is 29.8 Å². The second-order valence-electron chi connectivity index (χ2n) is 7.43. The summed E-state index contributed by atoms with van der Waals surface area (Å²) in [6.07, 6.45) is 2.78. The Morgan fingerprint density at radius 2 is 2.12 bits per heavy atom. The summed E-state index contributed by atoms with van der Waals surface area (Å²) in [6, 6.07) is 4.61. The van der Waals surface area contributed by atoms with Crippen LogP contribution < -0.4 is 5.32 Å². The zero-order chi connectivity index (χ0) is 17.5. The number of hydrogen-bond acceptors (Lipinski definition) is 3. The monoisotopic (exact) mass is 333 g/mol. The zero-order valence-electron chi connectivity index (χ0n) is 14.6. The fourth-order valence-corrected chi connectivity index (χ4v) is 2.97. The van der Waals surface area contributed by atoms with E-state index < -0.39 is 11.7 Å². The Balaban J connectivity index is 1.91. The first-order valence-electron chi connectivity index (χ1n) is 8.41. The van der Waals surface area contributed by atoms with Gasteiger partial charge in [0.2, 0.25) is 0 Å². The molecule has 1 aromatic heterocycles. The Hall–Kier alpha value is -2.11. The van der Waals surface area contributed by atoms with Gasteiger partial charge in [0.15, 0.2) is 0 Å². The molecule has 0 spiro atoms. The van der Waals surface area contributed by atoms with E-state index in [4.69, 9.17) is 4.74 Å². The van der Waals surface area contributed by atoms with Gasteiger partial charge < -0.3 is 14.6 Å². The van der Waals surface area contributed by atoms with E-state index in [0.717, 1.165) is 36.1 Å². The summed E-state index contributed by atoms with van der Waals surface area (Å²) in [7, 11) is 0. The van der Waals surface area contributed by atoms with Crippen molar-refractivity contribution in [2.75, 3.05) is 0 Å². The van der Waals surface area contributed by atoms with Crippen LogP contribution in [0.3, 0.4) is 0 Å². The van der Waals surface area contributed by atoms with Gasteiger partial charge in [-0.1, -0.05) is 0 Å². The van der Waals surface area contributed by atoms with Crippen LogP contribution in [0, 0.1) is 5.82 Å². The molecule has 0 saturated heterocycles. The lowest BCUT2D eigenvalue weighted by Gasteiger charge is -2.30. The van der Waals surface area contributed by atoms with Gasteiger partial charge in [-0.3, -0.25) is 0 Å². The molecule has 1 atom stereocenters. The Labute approximate surface area is 141 Å². The molecular formula is C18H24FN3O2. The zero-order valence-corrected chi connectivity index (χ0v) is 14.6. The molecule has 1 aromatic carbocycles. The van der Waals surface area contributed by atoms with Crippen molar-refractivity contribution in [2.24, 2.45) is 0 Å². The summed E-state index contributed by atoms with van der Waals surface area (Å²) in [5.41, 5.74) is 0.977. The number of nitrogens with zero attached hydrogens (tertiary/aromatic N) is 2. The van der Waals surface area contributed by atoms with E-state index in [1.54, 1.807) is 6.07 Å². The average Bonchev–Trinajstić information content (AvgIpc) is 2.73. The van der Waals surface area contributed by atoms with Crippen molar-refractivity contribution < 1.29 is 13.9 Å². The molecule has 2 aromatic rings. The Morgan fingerprint density at radius 1 is 1.42 bits per heavy atom. The number of benzene rings is 1. The van der Waals surface area contributed by atoms with Gasteiger partial charge in [0.1, 0.15) is 17.2 Å². The number of carbonyl (C=O) groups excluding carboxylic acids is 1. The summed E-state index contributed by atoms with van der Waals surface area (Å²) in [5, 5.41) is 2.83. The molecule has 5 nitrogen and oxygen atoms in total.